The van der Waals surface area contributed by atoms with Gasteiger partial charge in [-0.1, -0.05) is 12.8 Å². The van der Waals surface area contributed by atoms with Crippen LogP contribution in [0.4, 0.5) is 5.82 Å². The van der Waals surface area contributed by atoms with Gasteiger partial charge in [0.25, 0.3) is 5.91 Å². The van der Waals surface area contributed by atoms with Gasteiger partial charge in [-0.2, -0.15) is 0 Å². The number of hydrogen-bond donors (Lipinski definition) is 2. The normalized spacial score (nSPS) is 19.2. The highest BCUT2D eigenvalue weighted by atomic mass is 16.4. The summed E-state index contributed by atoms with van der Waals surface area (Å²) in [5.41, 5.74) is 0.220. The van der Waals surface area contributed by atoms with E-state index in [0.29, 0.717) is 18.8 Å². The number of hydrogen-bond acceptors (Lipinski definition) is 5. The third-order valence-electron chi connectivity index (χ3n) is 3.44. The van der Waals surface area contributed by atoms with Gasteiger partial charge in [0.15, 0.2) is 11.5 Å². The number of rotatable bonds is 3. The standard InChI is InChI=1S/C13H18N4O3/c1-14-12(18)9-6-7-11(16-15-9)17-8-4-2-3-5-10(17)13(19)20/h6-7,10H,2-5,8H2,1H3,(H,14,18)(H,19,20). The van der Waals surface area contributed by atoms with Crippen molar-refractivity contribution >= 4 is 17.7 Å². The van der Waals surface area contributed by atoms with Crippen LogP contribution in [-0.2, 0) is 4.79 Å². The number of carbonyl (C=O) groups is 2. The molecule has 20 heavy (non-hydrogen) atoms. The molecule has 0 aliphatic carbocycles. The molecule has 2 heterocycles. The molecule has 7 heteroatoms. The number of carboxylic acids is 1. The van der Waals surface area contributed by atoms with E-state index in [9.17, 15) is 14.7 Å². The van der Waals surface area contributed by atoms with Gasteiger partial charge in [-0.25, -0.2) is 4.79 Å². The smallest absolute Gasteiger partial charge is 0.326 e. The lowest BCUT2D eigenvalue weighted by Gasteiger charge is -2.27. The van der Waals surface area contributed by atoms with Gasteiger partial charge >= 0.3 is 5.97 Å². The molecule has 1 amide bonds. The van der Waals surface area contributed by atoms with Crippen LogP contribution in [0.25, 0.3) is 0 Å². The minimum absolute atomic E-state index is 0.220. The average Bonchev–Trinajstić information content (AvgIpc) is 2.72. The molecule has 1 saturated heterocycles. The van der Waals surface area contributed by atoms with Gasteiger partial charge in [-0.3, -0.25) is 4.79 Å². The quantitative estimate of drug-likeness (QED) is 0.843. The summed E-state index contributed by atoms with van der Waals surface area (Å²) in [6, 6.07) is 2.64. The molecule has 1 unspecified atom stereocenters. The second-order valence-corrected chi connectivity index (χ2v) is 4.75. The van der Waals surface area contributed by atoms with Crippen LogP contribution in [0.3, 0.4) is 0 Å². The summed E-state index contributed by atoms with van der Waals surface area (Å²) in [5, 5.41) is 19.6. The lowest BCUT2D eigenvalue weighted by Crippen LogP contribution is -2.41. The molecule has 0 bridgehead atoms. The molecule has 108 valence electrons. The highest BCUT2D eigenvalue weighted by Crippen LogP contribution is 2.22. The number of carbonyl (C=O) groups excluding carboxylic acids is 1. The highest BCUT2D eigenvalue weighted by molar-refractivity contribution is 5.92. The Labute approximate surface area is 117 Å². The molecule has 2 rings (SSSR count). The fraction of sp³-hybridized carbons (Fsp3) is 0.538. The Morgan fingerprint density at radius 2 is 2.10 bits per heavy atom. The number of aromatic nitrogens is 2. The highest BCUT2D eigenvalue weighted by Gasteiger charge is 2.28. The number of nitrogens with zero attached hydrogens (tertiary/aromatic N) is 3. The zero-order valence-corrected chi connectivity index (χ0v) is 11.4. The van der Waals surface area contributed by atoms with E-state index in [4.69, 9.17) is 0 Å². The molecule has 1 atom stereocenters. The first-order valence-electron chi connectivity index (χ1n) is 6.68. The Bertz CT molecular complexity index is 489. The van der Waals surface area contributed by atoms with Crippen LogP contribution in [0, 0.1) is 0 Å². The first kappa shape index (κ1) is 14.2. The Morgan fingerprint density at radius 1 is 1.30 bits per heavy atom. The van der Waals surface area contributed by atoms with Crippen molar-refractivity contribution in [3.05, 3.63) is 17.8 Å². The molecule has 7 nitrogen and oxygen atoms in total. The third kappa shape index (κ3) is 3.04. The van der Waals surface area contributed by atoms with Crippen molar-refractivity contribution in [2.24, 2.45) is 0 Å². The van der Waals surface area contributed by atoms with E-state index in [-0.39, 0.29) is 11.6 Å². The van der Waals surface area contributed by atoms with Crippen LogP contribution in [0.15, 0.2) is 12.1 Å². The van der Waals surface area contributed by atoms with E-state index in [2.05, 4.69) is 15.5 Å². The van der Waals surface area contributed by atoms with E-state index in [1.165, 1.54) is 7.05 Å². The molecular formula is C13H18N4O3. The maximum Gasteiger partial charge on any atom is 0.326 e. The van der Waals surface area contributed by atoms with E-state index in [1.807, 2.05) is 0 Å². The van der Waals surface area contributed by atoms with Gasteiger partial charge in [0, 0.05) is 13.6 Å². The fourth-order valence-electron chi connectivity index (χ4n) is 2.37. The summed E-state index contributed by atoms with van der Waals surface area (Å²) < 4.78 is 0. The predicted octanol–water partition coefficient (Wildman–Crippen LogP) is 0.670. The molecule has 1 aliphatic heterocycles. The second-order valence-electron chi connectivity index (χ2n) is 4.75. The monoisotopic (exact) mass is 278 g/mol. The molecule has 2 N–H and O–H groups in total. The van der Waals surface area contributed by atoms with Gasteiger partial charge < -0.3 is 15.3 Å². The van der Waals surface area contributed by atoms with Crippen LogP contribution >= 0.6 is 0 Å². The first-order chi connectivity index (χ1) is 9.63. The van der Waals surface area contributed by atoms with Crippen LogP contribution in [-0.4, -0.2) is 46.8 Å². The minimum Gasteiger partial charge on any atom is -0.480 e. The average molecular weight is 278 g/mol. The van der Waals surface area contributed by atoms with Crippen molar-refractivity contribution in [2.45, 2.75) is 31.7 Å². The Morgan fingerprint density at radius 3 is 2.70 bits per heavy atom. The minimum atomic E-state index is -0.843. The first-order valence-corrected chi connectivity index (χ1v) is 6.68. The number of aliphatic carboxylic acids is 1. The summed E-state index contributed by atoms with van der Waals surface area (Å²) in [7, 11) is 1.52. The molecule has 0 spiro atoms. The molecule has 0 radical (unpaired) electrons. The van der Waals surface area contributed by atoms with E-state index in [0.717, 1.165) is 19.3 Å². The molecule has 1 aliphatic rings. The predicted molar refractivity (Wildman–Crippen MR) is 72.7 cm³/mol. The zero-order valence-electron chi connectivity index (χ0n) is 11.4. The van der Waals surface area contributed by atoms with E-state index < -0.39 is 12.0 Å². The van der Waals surface area contributed by atoms with Crippen LogP contribution in [0.1, 0.15) is 36.2 Å². The Kier molecular flexibility index (Phi) is 4.49. The molecule has 1 fully saturated rings. The van der Waals surface area contributed by atoms with Gasteiger partial charge in [0.1, 0.15) is 6.04 Å². The number of carboxylic acid groups (broad SMARTS) is 1. The fourth-order valence-corrected chi connectivity index (χ4v) is 2.37. The van der Waals surface area contributed by atoms with E-state index >= 15 is 0 Å². The molecule has 0 aromatic carbocycles. The summed E-state index contributed by atoms with van der Waals surface area (Å²) in [5.74, 6) is -0.647. The van der Waals surface area contributed by atoms with Crippen molar-refractivity contribution in [3.8, 4) is 0 Å². The van der Waals surface area contributed by atoms with Crippen molar-refractivity contribution in [3.63, 3.8) is 0 Å². The maximum absolute atomic E-state index is 11.4. The maximum atomic E-state index is 11.4. The van der Waals surface area contributed by atoms with Crippen molar-refractivity contribution in [1.29, 1.82) is 0 Å². The molecule has 1 aromatic heterocycles. The van der Waals surface area contributed by atoms with Gasteiger partial charge in [0.05, 0.1) is 0 Å². The SMILES string of the molecule is CNC(=O)c1ccc(N2CCCCCC2C(=O)O)nn1. The van der Waals surface area contributed by atoms with Crippen molar-refractivity contribution in [2.75, 3.05) is 18.5 Å². The largest absolute Gasteiger partial charge is 0.480 e. The third-order valence-corrected chi connectivity index (χ3v) is 3.44. The van der Waals surface area contributed by atoms with Gasteiger partial charge in [0.2, 0.25) is 0 Å². The van der Waals surface area contributed by atoms with Gasteiger partial charge in [-0.15, -0.1) is 10.2 Å². The lowest BCUT2D eigenvalue weighted by atomic mass is 10.1. The summed E-state index contributed by atoms with van der Waals surface area (Å²) in [6.07, 6.45) is 3.46. The lowest BCUT2D eigenvalue weighted by molar-refractivity contribution is -0.138. The Hall–Kier alpha value is -2.18. The van der Waals surface area contributed by atoms with Crippen LogP contribution in [0.2, 0.25) is 0 Å². The summed E-state index contributed by atoms with van der Waals surface area (Å²) >= 11 is 0. The number of amides is 1. The number of nitrogens with one attached hydrogen (secondary N) is 1. The number of anilines is 1. The van der Waals surface area contributed by atoms with Crippen molar-refractivity contribution in [1.82, 2.24) is 15.5 Å². The van der Waals surface area contributed by atoms with Gasteiger partial charge in [-0.05, 0) is 25.0 Å². The summed E-state index contributed by atoms with van der Waals surface area (Å²) in [4.78, 5) is 24.5. The van der Waals surface area contributed by atoms with Crippen molar-refractivity contribution < 1.29 is 14.7 Å². The van der Waals surface area contributed by atoms with E-state index in [1.54, 1.807) is 17.0 Å². The zero-order chi connectivity index (χ0) is 14.5. The molecular weight excluding hydrogens is 260 g/mol. The summed E-state index contributed by atoms with van der Waals surface area (Å²) in [6.45, 7) is 0.644. The molecule has 0 saturated carbocycles. The van der Waals surface area contributed by atoms with Crippen LogP contribution < -0.4 is 10.2 Å². The van der Waals surface area contributed by atoms with Crippen LogP contribution in [0.5, 0.6) is 0 Å². The molecule has 1 aromatic rings. The topological polar surface area (TPSA) is 95.4 Å². The Balaban J connectivity index is 2.23. The second kappa shape index (κ2) is 6.31.